The van der Waals surface area contributed by atoms with Crippen molar-refractivity contribution in [3.05, 3.63) is 35.4 Å². The minimum absolute atomic E-state index is 0.00469. The van der Waals surface area contributed by atoms with E-state index in [0.717, 1.165) is 11.6 Å². The van der Waals surface area contributed by atoms with Crippen LogP contribution in [0.5, 0.6) is 5.75 Å². The third-order valence-corrected chi connectivity index (χ3v) is 2.79. The second-order valence-corrected chi connectivity index (χ2v) is 4.53. The van der Waals surface area contributed by atoms with E-state index in [1.807, 2.05) is 26.0 Å². The van der Waals surface area contributed by atoms with Gasteiger partial charge < -0.3 is 19.3 Å². The topological polar surface area (TPSA) is 65.0 Å². The number of methoxy groups -OCH3 is 1. The first-order chi connectivity index (χ1) is 10.1. The number of carbonyl (C=O) groups is 1. The summed E-state index contributed by atoms with van der Waals surface area (Å²) >= 11 is 0. The fourth-order valence-electron chi connectivity index (χ4n) is 1.74. The summed E-state index contributed by atoms with van der Waals surface area (Å²) in [5, 5.41) is 8.70. The third kappa shape index (κ3) is 6.42. The smallest absolute Gasteiger partial charge is 0.328 e. The molecule has 1 N–H and O–H groups in total. The summed E-state index contributed by atoms with van der Waals surface area (Å²) in [4.78, 5) is 10.6. The van der Waals surface area contributed by atoms with Crippen molar-refractivity contribution < 1.29 is 24.1 Å². The van der Waals surface area contributed by atoms with Gasteiger partial charge in [0.2, 0.25) is 0 Å². The number of hydrogen-bond acceptors (Lipinski definition) is 4. The summed E-state index contributed by atoms with van der Waals surface area (Å²) in [5.74, 6) is -0.373. The molecule has 1 aromatic carbocycles. The summed E-state index contributed by atoms with van der Waals surface area (Å²) < 4.78 is 16.2. The first kappa shape index (κ1) is 17.2. The van der Waals surface area contributed by atoms with E-state index >= 15 is 0 Å². The van der Waals surface area contributed by atoms with Crippen molar-refractivity contribution in [2.75, 3.05) is 20.3 Å². The van der Waals surface area contributed by atoms with E-state index < -0.39 is 5.97 Å². The molecule has 0 aliphatic heterocycles. The van der Waals surface area contributed by atoms with E-state index in [1.165, 1.54) is 6.08 Å². The van der Waals surface area contributed by atoms with Crippen molar-refractivity contribution in [1.82, 2.24) is 0 Å². The van der Waals surface area contributed by atoms with E-state index in [4.69, 9.17) is 19.3 Å². The molecule has 5 heteroatoms. The maximum absolute atomic E-state index is 10.6. The van der Waals surface area contributed by atoms with E-state index in [1.54, 1.807) is 13.2 Å². The lowest BCUT2D eigenvalue weighted by molar-refractivity contribution is -0.131. The summed E-state index contributed by atoms with van der Waals surface area (Å²) in [6.07, 6.45) is 2.60. The highest BCUT2D eigenvalue weighted by Gasteiger charge is 2.06. The van der Waals surface area contributed by atoms with Crippen LogP contribution in [0.3, 0.4) is 0 Å². The average Bonchev–Trinajstić information content (AvgIpc) is 2.48. The Balaban J connectivity index is 2.71. The standard InChI is InChI=1S/C16H22O5/c1-4-20-10-12(2)21-11-13-5-7-15(19-3)14(9-13)6-8-16(17)18/h5-9,12H,4,10-11H2,1-3H3,(H,17,18)/b8-6+. The SMILES string of the molecule is CCOCC(C)OCc1ccc(OC)c(/C=C/C(=O)O)c1. The Morgan fingerprint density at radius 3 is 2.81 bits per heavy atom. The highest BCUT2D eigenvalue weighted by atomic mass is 16.5. The van der Waals surface area contributed by atoms with Gasteiger partial charge in [-0.3, -0.25) is 0 Å². The lowest BCUT2D eigenvalue weighted by atomic mass is 10.1. The number of hydrogen-bond donors (Lipinski definition) is 1. The molecule has 1 rings (SSSR count). The Labute approximate surface area is 125 Å². The summed E-state index contributed by atoms with van der Waals surface area (Å²) in [6, 6.07) is 5.55. The summed E-state index contributed by atoms with van der Waals surface area (Å²) in [7, 11) is 1.55. The van der Waals surface area contributed by atoms with Gasteiger partial charge in [0.25, 0.3) is 0 Å². The molecular formula is C16H22O5. The van der Waals surface area contributed by atoms with Crippen LogP contribution in [0, 0.1) is 0 Å². The Kier molecular flexibility index (Phi) is 7.50. The van der Waals surface area contributed by atoms with Gasteiger partial charge in [0.05, 0.1) is 26.4 Å². The van der Waals surface area contributed by atoms with Crippen LogP contribution in [0.25, 0.3) is 6.08 Å². The van der Waals surface area contributed by atoms with Crippen LogP contribution in [0.4, 0.5) is 0 Å². The van der Waals surface area contributed by atoms with Crippen LogP contribution in [0.15, 0.2) is 24.3 Å². The molecule has 0 amide bonds. The van der Waals surface area contributed by atoms with Crippen LogP contribution >= 0.6 is 0 Å². The number of carboxylic acids is 1. The molecule has 0 saturated carbocycles. The highest BCUT2D eigenvalue weighted by molar-refractivity contribution is 5.85. The van der Waals surface area contributed by atoms with Gasteiger partial charge in [-0.15, -0.1) is 0 Å². The van der Waals surface area contributed by atoms with Crippen molar-refractivity contribution in [2.24, 2.45) is 0 Å². The Bertz CT molecular complexity index is 482. The maximum Gasteiger partial charge on any atom is 0.328 e. The molecule has 5 nitrogen and oxygen atoms in total. The van der Waals surface area contributed by atoms with Gasteiger partial charge in [-0.1, -0.05) is 6.07 Å². The average molecular weight is 294 g/mol. The van der Waals surface area contributed by atoms with Crippen LogP contribution < -0.4 is 4.74 Å². The summed E-state index contributed by atoms with van der Waals surface area (Å²) in [5.41, 5.74) is 1.66. The third-order valence-electron chi connectivity index (χ3n) is 2.79. The van der Waals surface area contributed by atoms with Gasteiger partial charge in [0.15, 0.2) is 0 Å². The molecule has 0 saturated heterocycles. The molecule has 0 radical (unpaired) electrons. The van der Waals surface area contributed by atoms with Crippen LogP contribution in [0.1, 0.15) is 25.0 Å². The van der Waals surface area contributed by atoms with Crippen molar-refractivity contribution in [3.63, 3.8) is 0 Å². The molecule has 21 heavy (non-hydrogen) atoms. The molecule has 0 heterocycles. The van der Waals surface area contributed by atoms with Crippen molar-refractivity contribution in [1.29, 1.82) is 0 Å². The quantitative estimate of drug-likeness (QED) is 0.709. The van der Waals surface area contributed by atoms with Gasteiger partial charge in [-0.05, 0) is 37.6 Å². The second-order valence-electron chi connectivity index (χ2n) is 4.53. The largest absolute Gasteiger partial charge is 0.496 e. The predicted molar refractivity (Wildman–Crippen MR) is 80.4 cm³/mol. The Hall–Kier alpha value is -1.85. The Morgan fingerprint density at radius 2 is 2.19 bits per heavy atom. The lowest BCUT2D eigenvalue weighted by Gasteiger charge is -2.14. The number of aliphatic carboxylic acids is 1. The van der Waals surface area contributed by atoms with E-state index in [0.29, 0.717) is 31.1 Å². The molecule has 0 spiro atoms. The number of carboxylic acid groups (broad SMARTS) is 1. The van der Waals surface area contributed by atoms with Gasteiger partial charge in [0, 0.05) is 18.2 Å². The van der Waals surface area contributed by atoms with E-state index in [9.17, 15) is 4.79 Å². The lowest BCUT2D eigenvalue weighted by Crippen LogP contribution is -2.15. The van der Waals surface area contributed by atoms with Gasteiger partial charge in [-0.2, -0.15) is 0 Å². The van der Waals surface area contributed by atoms with Crippen LogP contribution in [0.2, 0.25) is 0 Å². The van der Waals surface area contributed by atoms with Gasteiger partial charge in [-0.25, -0.2) is 4.79 Å². The van der Waals surface area contributed by atoms with E-state index in [2.05, 4.69) is 0 Å². The minimum Gasteiger partial charge on any atom is -0.496 e. The van der Waals surface area contributed by atoms with Crippen molar-refractivity contribution in [2.45, 2.75) is 26.6 Å². The van der Waals surface area contributed by atoms with Gasteiger partial charge in [0.1, 0.15) is 5.75 Å². The fourth-order valence-corrected chi connectivity index (χ4v) is 1.74. The molecule has 0 aliphatic rings. The van der Waals surface area contributed by atoms with Crippen molar-refractivity contribution in [3.8, 4) is 5.75 Å². The summed E-state index contributed by atoms with van der Waals surface area (Å²) in [6.45, 7) is 5.55. The molecule has 0 bridgehead atoms. The van der Waals surface area contributed by atoms with E-state index in [-0.39, 0.29) is 6.10 Å². The first-order valence-electron chi connectivity index (χ1n) is 6.84. The molecule has 116 valence electrons. The van der Waals surface area contributed by atoms with Gasteiger partial charge >= 0.3 is 5.97 Å². The number of rotatable bonds is 9. The molecule has 0 fully saturated rings. The molecule has 0 aliphatic carbocycles. The van der Waals surface area contributed by atoms with Crippen LogP contribution in [-0.4, -0.2) is 37.5 Å². The Morgan fingerprint density at radius 1 is 1.43 bits per heavy atom. The molecule has 0 aromatic heterocycles. The first-order valence-corrected chi connectivity index (χ1v) is 6.84. The monoisotopic (exact) mass is 294 g/mol. The maximum atomic E-state index is 10.6. The predicted octanol–water partition coefficient (Wildman–Crippen LogP) is 2.73. The number of ether oxygens (including phenoxy) is 3. The number of benzene rings is 1. The zero-order chi connectivity index (χ0) is 15.7. The fraction of sp³-hybridized carbons (Fsp3) is 0.438. The highest BCUT2D eigenvalue weighted by Crippen LogP contribution is 2.22. The second kappa shape index (κ2) is 9.15. The molecule has 1 atom stereocenters. The van der Waals surface area contributed by atoms with Crippen molar-refractivity contribution >= 4 is 12.0 Å². The minimum atomic E-state index is -0.996. The zero-order valence-corrected chi connectivity index (χ0v) is 12.7. The molecular weight excluding hydrogens is 272 g/mol. The molecule has 1 unspecified atom stereocenters. The van der Waals surface area contributed by atoms with Crippen LogP contribution in [-0.2, 0) is 20.9 Å². The normalized spacial score (nSPS) is 12.5. The molecule has 1 aromatic rings. The zero-order valence-electron chi connectivity index (χ0n) is 12.7.